The van der Waals surface area contributed by atoms with Crippen molar-refractivity contribution in [1.82, 2.24) is 4.57 Å². The molecule has 4 heteroatoms. The van der Waals surface area contributed by atoms with Crippen LogP contribution in [0.4, 0.5) is 0 Å². The van der Waals surface area contributed by atoms with Gasteiger partial charge in [0.1, 0.15) is 0 Å². The highest BCUT2D eigenvalue weighted by Gasteiger charge is 2.07. The summed E-state index contributed by atoms with van der Waals surface area (Å²) in [6, 6.07) is 8.98. The number of pyridine rings is 1. The van der Waals surface area contributed by atoms with Crippen LogP contribution in [0.15, 0.2) is 53.0 Å². The van der Waals surface area contributed by atoms with Gasteiger partial charge in [-0.25, -0.2) is 4.79 Å². The molecular weight excluding hydrogens is 254 g/mol. The lowest BCUT2D eigenvalue weighted by Crippen LogP contribution is -2.09. The highest BCUT2D eigenvalue weighted by molar-refractivity contribution is 5.88. The lowest BCUT2D eigenvalue weighted by atomic mass is 10.2. The Morgan fingerprint density at radius 3 is 2.75 bits per heavy atom. The summed E-state index contributed by atoms with van der Waals surface area (Å²) < 4.78 is 6.67. The zero-order valence-electron chi connectivity index (χ0n) is 11.6. The smallest absolute Gasteiger partial charge is 0.333 e. The number of esters is 1. The molecule has 0 spiro atoms. The van der Waals surface area contributed by atoms with Crippen molar-refractivity contribution in [2.45, 2.75) is 19.9 Å². The Kier molecular flexibility index (Phi) is 4.35. The number of para-hydroxylation sites is 1. The van der Waals surface area contributed by atoms with E-state index in [0.717, 1.165) is 5.52 Å². The third kappa shape index (κ3) is 2.79. The molecular formula is C16H17NO3. The van der Waals surface area contributed by atoms with Crippen LogP contribution in [-0.2, 0) is 16.1 Å². The van der Waals surface area contributed by atoms with E-state index in [1.54, 1.807) is 18.3 Å². The molecule has 0 saturated carbocycles. The minimum atomic E-state index is -0.308. The number of allylic oxidation sites excluding steroid dienone is 1. The normalized spacial score (nSPS) is 11.6. The van der Waals surface area contributed by atoms with Crippen molar-refractivity contribution < 1.29 is 9.53 Å². The molecule has 0 aliphatic carbocycles. The summed E-state index contributed by atoms with van der Waals surface area (Å²) in [5.41, 5.74) is 1.50. The second-order valence-electron chi connectivity index (χ2n) is 4.42. The van der Waals surface area contributed by atoms with Crippen LogP contribution in [0.3, 0.4) is 0 Å². The summed E-state index contributed by atoms with van der Waals surface area (Å²) in [6.45, 7) is 2.44. The van der Waals surface area contributed by atoms with Crippen LogP contribution < -0.4 is 5.43 Å². The van der Waals surface area contributed by atoms with Crippen LogP contribution in [0.2, 0.25) is 0 Å². The Bertz CT molecular complexity index is 713. The van der Waals surface area contributed by atoms with Gasteiger partial charge in [-0.05, 0) is 18.6 Å². The standard InChI is InChI=1S/C16H17NO3/c1-3-12(16(19)20-2)8-10-17-11-9-15(18)13-6-4-5-7-14(13)17/h4-9,11H,3,10H2,1-2H3. The van der Waals surface area contributed by atoms with Gasteiger partial charge in [-0.1, -0.05) is 25.1 Å². The van der Waals surface area contributed by atoms with Gasteiger partial charge in [-0.15, -0.1) is 0 Å². The van der Waals surface area contributed by atoms with Crippen molar-refractivity contribution in [3.8, 4) is 0 Å². The minimum absolute atomic E-state index is 0.00418. The van der Waals surface area contributed by atoms with Crippen molar-refractivity contribution in [3.05, 3.63) is 58.4 Å². The van der Waals surface area contributed by atoms with E-state index in [1.165, 1.54) is 7.11 Å². The second-order valence-corrected chi connectivity index (χ2v) is 4.42. The second kappa shape index (κ2) is 6.19. The minimum Gasteiger partial charge on any atom is -0.466 e. The van der Waals surface area contributed by atoms with Crippen LogP contribution in [0.1, 0.15) is 13.3 Å². The first kappa shape index (κ1) is 14.1. The molecule has 2 rings (SSSR count). The number of benzene rings is 1. The lowest BCUT2D eigenvalue weighted by Gasteiger charge is -2.09. The van der Waals surface area contributed by atoms with E-state index >= 15 is 0 Å². The summed E-state index contributed by atoms with van der Waals surface area (Å²) in [5, 5.41) is 0.680. The predicted molar refractivity (Wildman–Crippen MR) is 78.6 cm³/mol. The summed E-state index contributed by atoms with van der Waals surface area (Å²) >= 11 is 0. The van der Waals surface area contributed by atoms with Gasteiger partial charge in [-0.3, -0.25) is 4.79 Å². The van der Waals surface area contributed by atoms with E-state index in [4.69, 9.17) is 4.74 Å². The fourth-order valence-corrected chi connectivity index (χ4v) is 2.13. The van der Waals surface area contributed by atoms with Crippen molar-refractivity contribution in [2.75, 3.05) is 7.11 Å². The Balaban J connectivity index is 2.40. The number of carbonyl (C=O) groups is 1. The van der Waals surface area contributed by atoms with Gasteiger partial charge in [0.2, 0.25) is 0 Å². The maximum atomic E-state index is 11.8. The highest BCUT2D eigenvalue weighted by Crippen LogP contribution is 2.11. The van der Waals surface area contributed by atoms with Crippen LogP contribution in [0, 0.1) is 0 Å². The molecule has 0 aliphatic rings. The molecule has 0 bridgehead atoms. The van der Waals surface area contributed by atoms with Crippen molar-refractivity contribution in [1.29, 1.82) is 0 Å². The zero-order chi connectivity index (χ0) is 14.5. The quantitative estimate of drug-likeness (QED) is 0.634. The monoisotopic (exact) mass is 271 g/mol. The first-order valence-corrected chi connectivity index (χ1v) is 6.53. The molecule has 2 aromatic rings. The molecule has 1 aromatic heterocycles. The van der Waals surface area contributed by atoms with Crippen LogP contribution in [0.5, 0.6) is 0 Å². The molecule has 4 nitrogen and oxygen atoms in total. The SMILES string of the molecule is CCC(=CCn1ccc(=O)c2ccccc21)C(=O)OC. The van der Waals surface area contributed by atoms with E-state index in [9.17, 15) is 9.59 Å². The van der Waals surface area contributed by atoms with Gasteiger partial charge in [0, 0.05) is 29.8 Å². The zero-order valence-corrected chi connectivity index (χ0v) is 11.6. The summed E-state index contributed by atoms with van der Waals surface area (Å²) in [5.74, 6) is -0.308. The van der Waals surface area contributed by atoms with Crippen molar-refractivity contribution >= 4 is 16.9 Å². The van der Waals surface area contributed by atoms with E-state index in [-0.39, 0.29) is 11.4 Å². The van der Waals surface area contributed by atoms with Crippen LogP contribution in [-0.4, -0.2) is 17.6 Å². The fourth-order valence-electron chi connectivity index (χ4n) is 2.13. The molecule has 104 valence electrons. The van der Waals surface area contributed by atoms with E-state index in [2.05, 4.69) is 0 Å². The topological polar surface area (TPSA) is 48.3 Å². The number of methoxy groups -OCH3 is 1. The van der Waals surface area contributed by atoms with Gasteiger partial charge in [0.15, 0.2) is 5.43 Å². The van der Waals surface area contributed by atoms with E-state index in [0.29, 0.717) is 23.9 Å². The first-order valence-electron chi connectivity index (χ1n) is 6.53. The van der Waals surface area contributed by atoms with Crippen molar-refractivity contribution in [2.24, 2.45) is 0 Å². The van der Waals surface area contributed by atoms with Gasteiger partial charge in [0.05, 0.1) is 12.6 Å². The van der Waals surface area contributed by atoms with Gasteiger partial charge >= 0.3 is 5.97 Å². The Labute approximate surface area is 117 Å². The van der Waals surface area contributed by atoms with Crippen LogP contribution in [0.25, 0.3) is 10.9 Å². The number of nitrogens with zero attached hydrogens (tertiary/aromatic N) is 1. The number of ether oxygens (including phenoxy) is 1. The number of fused-ring (bicyclic) bond motifs is 1. The molecule has 20 heavy (non-hydrogen) atoms. The first-order chi connectivity index (χ1) is 9.67. The molecule has 0 saturated heterocycles. The number of carbonyl (C=O) groups excluding carboxylic acids is 1. The number of hydrogen-bond donors (Lipinski definition) is 0. The predicted octanol–water partition coefficient (Wildman–Crippen LogP) is 2.51. The summed E-state index contributed by atoms with van der Waals surface area (Å²) in [7, 11) is 1.38. The molecule has 1 heterocycles. The Morgan fingerprint density at radius 1 is 1.30 bits per heavy atom. The maximum absolute atomic E-state index is 11.8. The van der Waals surface area contributed by atoms with Gasteiger partial charge < -0.3 is 9.30 Å². The Morgan fingerprint density at radius 2 is 2.05 bits per heavy atom. The largest absolute Gasteiger partial charge is 0.466 e. The van der Waals surface area contributed by atoms with Crippen LogP contribution >= 0.6 is 0 Å². The van der Waals surface area contributed by atoms with Crippen molar-refractivity contribution in [3.63, 3.8) is 0 Å². The number of rotatable bonds is 4. The number of aromatic nitrogens is 1. The lowest BCUT2D eigenvalue weighted by molar-refractivity contribution is -0.136. The molecule has 0 unspecified atom stereocenters. The summed E-state index contributed by atoms with van der Waals surface area (Å²) in [6.07, 6.45) is 4.19. The average molecular weight is 271 g/mol. The molecule has 0 aliphatic heterocycles. The molecule has 0 radical (unpaired) electrons. The number of hydrogen-bond acceptors (Lipinski definition) is 3. The van der Waals surface area contributed by atoms with E-state index in [1.807, 2.05) is 35.8 Å². The summed E-state index contributed by atoms with van der Waals surface area (Å²) in [4.78, 5) is 23.3. The maximum Gasteiger partial charge on any atom is 0.333 e. The Hall–Kier alpha value is -2.36. The molecule has 0 fully saturated rings. The van der Waals surface area contributed by atoms with Gasteiger partial charge in [-0.2, -0.15) is 0 Å². The molecule has 0 N–H and O–H groups in total. The molecule has 1 aromatic carbocycles. The highest BCUT2D eigenvalue weighted by atomic mass is 16.5. The third-order valence-electron chi connectivity index (χ3n) is 3.25. The van der Waals surface area contributed by atoms with E-state index < -0.39 is 0 Å². The molecule has 0 atom stereocenters. The fraction of sp³-hybridized carbons (Fsp3) is 0.250. The third-order valence-corrected chi connectivity index (χ3v) is 3.25. The average Bonchev–Trinajstić information content (AvgIpc) is 2.49. The molecule has 0 amide bonds. The van der Waals surface area contributed by atoms with Gasteiger partial charge in [0.25, 0.3) is 0 Å².